The van der Waals surface area contributed by atoms with Gasteiger partial charge in [0, 0.05) is 0 Å². The molecule has 5 nitrogen and oxygen atoms in total. The van der Waals surface area contributed by atoms with Crippen molar-refractivity contribution in [3.8, 4) is 0 Å². The molecule has 1 heterocycles. The number of nitrogens with zero attached hydrogens (tertiary/aromatic N) is 1. The van der Waals surface area contributed by atoms with Crippen molar-refractivity contribution in [1.82, 2.24) is 4.98 Å². The van der Waals surface area contributed by atoms with Crippen LogP contribution in [0, 0.1) is 20.8 Å². The average Bonchev–Trinajstić information content (AvgIpc) is 2.75. The molecule has 0 atom stereocenters. The number of esters is 1. The number of hydrogen-bond acceptors (Lipinski definition) is 5. The van der Waals surface area contributed by atoms with Crippen molar-refractivity contribution in [2.24, 2.45) is 0 Å². The zero-order chi connectivity index (χ0) is 15.6. The third kappa shape index (κ3) is 3.36. The maximum atomic E-state index is 11.7. The van der Waals surface area contributed by atoms with E-state index in [9.17, 15) is 4.79 Å². The highest BCUT2D eigenvalue weighted by atomic mass is 35.5. The number of aryl methyl sites for hydroxylation is 3. The maximum absolute atomic E-state index is 11.7. The van der Waals surface area contributed by atoms with Crippen molar-refractivity contribution in [1.29, 1.82) is 0 Å². The van der Waals surface area contributed by atoms with Crippen LogP contribution in [0.2, 0.25) is 5.02 Å². The van der Waals surface area contributed by atoms with Crippen LogP contribution in [0.15, 0.2) is 16.5 Å². The summed E-state index contributed by atoms with van der Waals surface area (Å²) in [5.41, 5.74) is 3.21. The summed E-state index contributed by atoms with van der Waals surface area (Å²) < 4.78 is 10.3. The van der Waals surface area contributed by atoms with Gasteiger partial charge < -0.3 is 14.5 Å². The Labute approximate surface area is 128 Å². The molecular weight excluding hydrogens is 292 g/mol. The van der Waals surface area contributed by atoms with E-state index in [0.717, 1.165) is 11.1 Å². The summed E-state index contributed by atoms with van der Waals surface area (Å²) in [5, 5.41) is 3.58. The van der Waals surface area contributed by atoms with Crippen LogP contribution >= 0.6 is 11.6 Å². The van der Waals surface area contributed by atoms with E-state index in [1.807, 2.05) is 26.0 Å². The SMILES string of the molecule is CCOC(=O)c1oc(Nc2c(C)cc(C)cc2Cl)nc1C. The Kier molecular flexibility index (Phi) is 4.53. The van der Waals surface area contributed by atoms with Gasteiger partial charge in [0.1, 0.15) is 0 Å². The van der Waals surface area contributed by atoms with E-state index in [0.29, 0.717) is 16.4 Å². The molecule has 1 aromatic carbocycles. The highest BCUT2D eigenvalue weighted by Crippen LogP contribution is 2.30. The van der Waals surface area contributed by atoms with Crippen molar-refractivity contribution < 1.29 is 13.9 Å². The van der Waals surface area contributed by atoms with Gasteiger partial charge in [0.25, 0.3) is 6.01 Å². The Hall–Kier alpha value is -2.01. The van der Waals surface area contributed by atoms with Gasteiger partial charge in [-0.05, 0) is 44.9 Å². The van der Waals surface area contributed by atoms with Crippen molar-refractivity contribution >= 4 is 29.3 Å². The van der Waals surface area contributed by atoms with E-state index in [-0.39, 0.29) is 18.4 Å². The Morgan fingerprint density at radius 1 is 1.38 bits per heavy atom. The molecule has 0 unspecified atom stereocenters. The number of halogens is 1. The highest BCUT2D eigenvalue weighted by molar-refractivity contribution is 6.33. The zero-order valence-corrected chi connectivity index (χ0v) is 13.2. The molecule has 2 rings (SSSR count). The Balaban J connectivity index is 2.29. The molecule has 2 aromatic rings. The molecule has 1 N–H and O–H groups in total. The number of ether oxygens (including phenoxy) is 1. The maximum Gasteiger partial charge on any atom is 0.376 e. The number of aromatic nitrogens is 1. The summed E-state index contributed by atoms with van der Waals surface area (Å²) in [6.07, 6.45) is 0. The van der Waals surface area contributed by atoms with Crippen molar-refractivity contribution in [3.05, 3.63) is 39.7 Å². The molecule has 0 aliphatic heterocycles. The molecule has 0 aliphatic rings. The smallest absolute Gasteiger partial charge is 0.376 e. The molecule has 0 fully saturated rings. The largest absolute Gasteiger partial charge is 0.460 e. The molecule has 0 radical (unpaired) electrons. The first-order valence-corrected chi connectivity index (χ1v) is 6.98. The minimum atomic E-state index is -0.526. The lowest BCUT2D eigenvalue weighted by Crippen LogP contribution is -2.04. The third-order valence-electron chi connectivity index (χ3n) is 2.92. The van der Waals surface area contributed by atoms with E-state index in [4.69, 9.17) is 20.8 Å². The standard InChI is InChI=1S/C15H17ClN2O3/c1-5-20-14(19)13-10(4)17-15(21-13)18-12-9(3)6-8(2)7-11(12)16/h6-7H,5H2,1-4H3,(H,17,18). The van der Waals surface area contributed by atoms with Crippen LogP contribution in [-0.4, -0.2) is 17.6 Å². The number of nitrogens with one attached hydrogen (secondary N) is 1. The summed E-state index contributed by atoms with van der Waals surface area (Å²) in [6.45, 7) is 7.60. The number of rotatable bonds is 4. The summed E-state index contributed by atoms with van der Waals surface area (Å²) in [4.78, 5) is 15.9. The van der Waals surface area contributed by atoms with Crippen LogP contribution in [0.1, 0.15) is 34.3 Å². The summed E-state index contributed by atoms with van der Waals surface area (Å²) >= 11 is 6.22. The lowest BCUT2D eigenvalue weighted by Gasteiger charge is -2.09. The minimum Gasteiger partial charge on any atom is -0.460 e. The molecule has 21 heavy (non-hydrogen) atoms. The molecule has 0 amide bonds. The minimum absolute atomic E-state index is 0.0974. The number of hydrogen-bond donors (Lipinski definition) is 1. The molecule has 0 spiro atoms. The normalized spacial score (nSPS) is 10.5. The fraction of sp³-hybridized carbons (Fsp3) is 0.333. The molecule has 1 aromatic heterocycles. The summed E-state index contributed by atoms with van der Waals surface area (Å²) in [6, 6.07) is 4.05. The van der Waals surface area contributed by atoms with Crippen molar-refractivity contribution in [2.75, 3.05) is 11.9 Å². The van der Waals surface area contributed by atoms with Gasteiger partial charge in [0.2, 0.25) is 5.76 Å². The summed E-state index contributed by atoms with van der Waals surface area (Å²) in [5.74, 6) is -0.428. The van der Waals surface area contributed by atoms with Gasteiger partial charge >= 0.3 is 5.97 Å². The van der Waals surface area contributed by atoms with E-state index in [1.165, 1.54) is 0 Å². The van der Waals surface area contributed by atoms with Gasteiger partial charge in [-0.3, -0.25) is 0 Å². The van der Waals surface area contributed by atoms with Crippen LogP contribution in [0.5, 0.6) is 0 Å². The lowest BCUT2D eigenvalue weighted by molar-refractivity contribution is 0.0490. The predicted octanol–water partition coefficient (Wildman–Crippen LogP) is 4.17. The van der Waals surface area contributed by atoms with Crippen LogP contribution in [0.3, 0.4) is 0 Å². The van der Waals surface area contributed by atoms with E-state index in [2.05, 4.69) is 10.3 Å². The lowest BCUT2D eigenvalue weighted by atomic mass is 10.1. The Morgan fingerprint density at radius 3 is 2.71 bits per heavy atom. The first-order valence-electron chi connectivity index (χ1n) is 6.60. The predicted molar refractivity (Wildman–Crippen MR) is 81.4 cm³/mol. The topological polar surface area (TPSA) is 64.4 Å². The second-order valence-electron chi connectivity index (χ2n) is 4.72. The van der Waals surface area contributed by atoms with Gasteiger partial charge in [-0.25, -0.2) is 4.79 Å². The number of anilines is 2. The van der Waals surface area contributed by atoms with Gasteiger partial charge in [-0.1, -0.05) is 17.7 Å². The quantitative estimate of drug-likeness (QED) is 0.859. The number of oxazole rings is 1. The van der Waals surface area contributed by atoms with Gasteiger partial charge in [0.05, 0.1) is 23.0 Å². The Morgan fingerprint density at radius 2 is 2.10 bits per heavy atom. The second-order valence-corrected chi connectivity index (χ2v) is 5.12. The molecule has 6 heteroatoms. The average molecular weight is 309 g/mol. The van der Waals surface area contributed by atoms with Crippen LogP contribution < -0.4 is 5.32 Å². The molecule has 112 valence electrons. The number of carbonyl (C=O) groups is 1. The zero-order valence-electron chi connectivity index (χ0n) is 12.4. The first-order chi connectivity index (χ1) is 9.92. The van der Waals surface area contributed by atoms with Gasteiger partial charge in [0.15, 0.2) is 0 Å². The van der Waals surface area contributed by atoms with E-state index < -0.39 is 5.97 Å². The van der Waals surface area contributed by atoms with Crippen molar-refractivity contribution in [3.63, 3.8) is 0 Å². The fourth-order valence-corrected chi connectivity index (χ4v) is 2.39. The second kappa shape index (κ2) is 6.18. The number of benzene rings is 1. The van der Waals surface area contributed by atoms with E-state index >= 15 is 0 Å². The Bertz CT molecular complexity index is 657. The molecule has 0 saturated carbocycles. The van der Waals surface area contributed by atoms with E-state index in [1.54, 1.807) is 13.8 Å². The van der Waals surface area contributed by atoms with Crippen LogP contribution in [0.25, 0.3) is 0 Å². The van der Waals surface area contributed by atoms with Crippen molar-refractivity contribution in [2.45, 2.75) is 27.7 Å². The molecule has 0 saturated heterocycles. The first kappa shape index (κ1) is 15.4. The molecular formula is C15H17ClN2O3. The number of carbonyl (C=O) groups excluding carboxylic acids is 1. The van der Waals surface area contributed by atoms with Gasteiger partial charge in [-0.15, -0.1) is 0 Å². The van der Waals surface area contributed by atoms with Gasteiger partial charge in [-0.2, -0.15) is 4.98 Å². The highest BCUT2D eigenvalue weighted by Gasteiger charge is 2.19. The monoisotopic (exact) mass is 308 g/mol. The third-order valence-corrected chi connectivity index (χ3v) is 3.22. The van der Waals surface area contributed by atoms with Crippen LogP contribution in [0.4, 0.5) is 11.7 Å². The van der Waals surface area contributed by atoms with Crippen LogP contribution in [-0.2, 0) is 4.74 Å². The fourth-order valence-electron chi connectivity index (χ4n) is 2.02. The molecule has 0 aliphatic carbocycles. The molecule has 0 bridgehead atoms. The summed E-state index contributed by atoms with van der Waals surface area (Å²) in [7, 11) is 0.